The van der Waals surface area contributed by atoms with Crippen molar-refractivity contribution in [1.29, 1.82) is 0 Å². The molecule has 0 amide bonds. The van der Waals surface area contributed by atoms with E-state index in [0.717, 1.165) is 14.9 Å². The lowest BCUT2D eigenvalue weighted by Gasteiger charge is -2.05. The molecule has 0 spiro atoms. The van der Waals surface area contributed by atoms with Gasteiger partial charge in [0, 0.05) is 5.39 Å². The van der Waals surface area contributed by atoms with Gasteiger partial charge in [0.15, 0.2) is 0 Å². The second kappa shape index (κ2) is 15.0. The molecule has 29 heavy (non-hydrogen) atoms. The van der Waals surface area contributed by atoms with Crippen LogP contribution in [0.2, 0.25) is 0 Å². The van der Waals surface area contributed by atoms with Crippen molar-refractivity contribution < 1.29 is 28.3 Å². The van der Waals surface area contributed by atoms with Crippen LogP contribution in [0.4, 0.5) is 0 Å². The molecule has 6 nitrogen and oxygen atoms in total. The van der Waals surface area contributed by atoms with Gasteiger partial charge in [-0.2, -0.15) is 19.2 Å². The number of halogens is 1. The van der Waals surface area contributed by atoms with Crippen LogP contribution in [0.15, 0.2) is 59.7 Å². The highest BCUT2D eigenvalue weighted by Crippen LogP contribution is 2.22. The van der Waals surface area contributed by atoms with Crippen molar-refractivity contribution >= 4 is 45.9 Å². The first-order chi connectivity index (χ1) is 13.8. The van der Waals surface area contributed by atoms with Gasteiger partial charge in [0.1, 0.15) is 17.9 Å². The van der Waals surface area contributed by atoms with Crippen LogP contribution in [0, 0.1) is 24.3 Å². The lowest BCUT2D eigenvalue weighted by molar-refractivity contribution is -0.193. The topological polar surface area (TPSA) is 90.7 Å². The Morgan fingerprint density at radius 3 is 2.10 bits per heavy atom. The molecular formula is C22H21IO6. The Labute approximate surface area is 182 Å². The quantitative estimate of drug-likeness (QED) is 0.364. The highest BCUT2D eigenvalue weighted by Gasteiger charge is 2.00. The lowest BCUT2D eigenvalue weighted by atomic mass is 10.1. The van der Waals surface area contributed by atoms with Crippen molar-refractivity contribution in [2.75, 3.05) is 6.61 Å². The zero-order valence-corrected chi connectivity index (χ0v) is 18.5. The fourth-order valence-electron chi connectivity index (χ4n) is 2.14. The molecule has 0 aliphatic heterocycles. The number of carbonyl (C=O) groups excluding carboxylic acids is 4. The summed E-state index contributed by atoms with van der Waals surface area (Å²) in [6.45, 7) is 10.4. The average Bonchev–Trinajstić information content (AvgIpc) is 3.03. The molecule has 0 unspecified atom stereocenters. The molecule has 3 aromatic rings. The molecule has 0 fully saturated rings. The largest absolute Gasteiger partial charge is 0.488 e. The van der Waals surface area contributed by atoms with Crippen molar-refractivity contribution in [3.05, 3.63) is 75.6 Å². The number of fused-ring (bicyclic) bond motifs is 1. The highest BCUT2D eigenvalue weighted by molar-refractivity contribution is 14.1. The molecule has 152 valence electrons. The first-order valence-electron chi connectivity index (χ1n) is 8.27. The van der Waals surface area contributed by atoms with E-state index in [1.807, 2.05) is 18.2 Å². The van der Waals surface area contributed by atoms with Crippen molar-refractivity contribution in [3.8, 4) is 5.75 Å². The van der Waals surface area contributed by atoms with Gasteiger partial charge in [0.05, 0.1) is 9.83 Å². The fraction of sp³-hybridized carbons (Fsp3) is 0.182. The second-order valence-corrected chi connectivity index (χ2v) is 6.78. The zero-order chi connectivity index (χ0) is 22.2. The molecule has 2 aromatic carbocycles. The average molecular weight is 508 g/mol. The number of ether oxygens (including phenoxy) is 1. The van der Waals surface area contributed by atoms with Crippen LogP contribution < -0.4 is 4.74 Å². The van der Waals surface area contributed by atoms with Crippen molar-refractivity contribution in [2.45, 2.75) is 20.8 Å². The summed E-state index contributed by atoms with van der Waals surface area (Å²) >= 11 is 2.27. The summed E-state index contributed by atoms with van der Waals surface area (Å²) in [6, 6.07) is 12.3. The van der Waals surface area contributed by atoms with Gasteiger partial charge in [-0.1, -0.05) is 30.4 Å². The van der Waals surface area contributed by atoms with Gasteiger partial charge in [-0.05, 0) is 78.8 Å². The molecule has 0 saturated heterocycles. The molecule has 0 saturated carbocycles. The van der Waals surface area contributed by atoms with E-state index in [4.69, 9.17) is 28.3 Å². The maximum atomic E-state index is 8.12. The molecule has 1 heterocycles. The third kappa shape index (κ3) is 10.2. The van der Waals surface area contributed by atoms with E-state index >= 15 is 0 Å². The molecule has 0 aliphatic carbocycles. The SMILES string of the molecule is C=CCOc1ccc(C)cc1I.Cc1ccc2occ(C)c2c1.O=C=O.O=C=O. The van der Waals surface area contributed by atoms with Gasteiger partial charge in [0.2, 0.25) is 0 Å². The fourth-order valence-corrected chi connectivity index (χ4v) is 2.97. The van der Waals surface area contributed by atoms with Crippen molar-refractivity contribution in [3.63, 3.8) is 0 Å². The van der Waals surface area contributed by atoms with E-state index in [1.54, 1.807) is 12.3 Å². The van der Waals surface area contributed by atoms with E-state index in [-0.39, 0.29) is 12.3 Å². The zero-order valence-electron chi connectivity index (χ0n) is 16.4. The summed E-state index contributed by atoms with van der Waals surface area (Å²) in [4.78, 5) is 32.5. The van der Waals surface area contributed by atoms with Crippen LogP contribution in [0.25, 0.3) is 11.0 Å². The first-order valence-corrected chi connectivity index (χ1v) is 9.35. The minimum atomic E-state index is 0.250. The Bertz CT molecular complexity index is 966. The van der Waals surface area contributed by atoms with E-state index in [9.17, 15) is 0 Å². The van der Waals surface area contributed by atoms with E-state index in [2.05, 4.69) is 68.1 Å². The van der Waals surface area contributed by atoms with Crippen molar-refractivity contribution in [2.24, 2.45) is 0 Å². The summed E-state index contributed by atoms with van der Waals surface area (Å²) in [6.07, 6.45) is 4.04. The summed E-state index contributed by atoms with van der Waals surface area (Å²) in [5.41, 5.74) is 4.73. The predicted molar refractivity (Wildman–Crippen MR) is 115 cm³/mol. The maximum Gasteiger partial charge on any atom is 0.373 e. The van der Waals surface area contributed by atoms with Gasteiger partial charge < -0.3 is 9.15 Å². The van der Waals surface area contributed by atoms with Gasteiger partial charge in [0.25, 0.3) is 0 Å². The second-order valence-electron chi connectivity index (χ2n) is 5.62. The van der Waals surface area contributed by atoms with Crippen LogP contribution in [-0.4, -0.2) is 18.9 Å². The van der Waals surface area contributed by atoms with Gasteiger partial charge >= 0.3 is 12.3 Å². The molecule has 0 atom stereocenters. The third-order valence-corrected chi connectivity index (χ3v) is 4.21. The summed E-state index contributed by atoms with van der Waals surface area (Å²) in [5.74, 6) is 0.932. The third-order valence-electron chi connectivity index (χ3n) is 3.37. The number of aryl methyl sites for hydroxylation is 3. The van der Waals surface area contributed by atoms with Crippen LogP contribution in [0.5, 0.6) is 5.75 Å². The minimum absolute atomic E-state index is 0.250. The summed E-state index contributed by atoms with van der Waals surface area (Å²) in [7, 11) is 0. The molecule has 0 aliphatic rings. The molecule has 0 N–H and O–H groups in total. The molecule has 0 radical (unpaired) electrons. The number of hydrogen-bond donors (Lipinski definition) is 0. The Morgan fingerprint density at radius 2 is 1.55 bits per heavy atom. The van der Waals surface area contributed by atoms with Crippen LogP contribution in [0.1, 0.15) is 16.7 Å². The van der Waals surface area contributed by atoms with Crippen LogP contribution in [-0.2, 0) is 19.2 Å². The van der Waals surface area contributed by atoms with Gasteiger partial charge in [-0.3, -0.25) is 0 Å². The van der Waals surface area contributed by atoms with Crippen LogP contribution >= 0.6 is 22.6 Å². The Hall–Kier alpha value is -2.99. The minimum Gasteiger partial charge on any atom is -0.488 e. The number of hydrogen-bond acceptors (Lipinski definition) is 6. The van der Waals surface area contributed by atoms with E-state index in [1.165, 1.54) is 22.1 Å². The smallest absolute Gasteiger partial charge is 0.373 e. The molecule has 1 aromatic heterocycles. The van der Waals surface area contributed by atoms with Gasteiger partial charge in [-0.15, -0.1) is 0 Å². The summed E-state index contributed by atoms with van der Waals surface area (Å²) < 4.78 is 11.9. The molecule has 7 heteroatoms. The van der Waals surface area contributed by atoms with Crippen molar-refractivity contribution in [1.82, 2.24) is 0 Å². The molecule has 0 bridgehead atoms. The predicted octanol–water partition coefficient (Wildman–Crippen LogP) is 5.05. The Morgan fingerprint density at radius 1 is 1.00 bits per heavy atom. The van der Waals surface area contributed by atoms with E-state index < -0.39 is 0 Å². The normalized spacial score (nSPS) is 8.55. The lowest BCUT2D eigenvalue weighted by Crippen LogP contribution is -1.94. The van der Waals surface area contributed by atoms with Gasteiger partial charge in [-0.25, -0.2) is 0 Å². The van der Waals surface area contributed by atoms with E-state index in [0.29, 0.717) is 6.61 Å². The number of furan rings is 1. The Kier molecular flexibility index (Phi) is 13.4. The Balaban J connectivity index is 0.000000427. The molecule has 3 rings (SSSR count). The molecular weight excluding hydrogens is 487 g/mol. The van der Waals surface area contributed by atoms with Crippen LogP contribution in [0.3, 0.4) is 0 Å². The number of benzene rings is 2. The summed E-state index contributed by atoms with van der Waals surface area (Å²) in [5, 5.41) is 1.23. The number of rotatable bonds is 3. The standard InChI is InChI=1S/C10H11IO.C10H10O.2CO2/c1-3-6-12-10-5-4-8(2)7-9(10)11;1-7-3-4-10-9(5-7)8(2)6-11-10;2*2-1-3/h3-5,7H,1,6H2,2H3;3-6H,1-2H3;;. The highest BCUT2D eigenvalue weighted by atomic mass is 127. The maximum absolute atomic E-state index is 8.12. The monoisotopic (exact) mass is 508 g/mol. The first kappa shape index (κ1) is 26.0.